The van der Waals surface area contributed by atoms with Gasteiger partial charge in [0.2, 0.25) is 0 Å². The number of phosphoric acid groups is 1. The van der Waals surface area contributed by atoms with Crippen LogP contribution in [0.2, 0.25) is 5.02 Å². The number of fused-ring (bicyclic) bond motifs is 1. The van der Waals surface area contributed by atoms with Gasteiger partial charge in [-0.15, -0.1) is 0 Å². The van der Waals surface area contributed by atoms with Crippen LogP contribution in [0.3, 0.4) is 0 Å². The molecular weight excluding hydrogens is 315 g/mol. The van der Waals surface area contributed by atoms with Crippen LogP contribution in [0.15, 0.2) is 24.3 Å². The molecule has 21 heavy (non-hydrogen) atoms. The highest BCUT2D eigenvalue weighted by atomic mass is 35.5. The molecule has 0 N–H and O–H groups in total. The monoisotopic (exact) mass is 332 g/mol. The molecule has 0 saturated heterocycles. The minimum atomic E-state index is -3.63. The Hall–Kier alpha value is -1.00. The number of phosphoric ester groups is 1. The average molecular weight is 333 g/mol. The van der Waals surface area contributed by atoms with Crippen LogP contribution in [0.1, 0.15) is 25.8 Å². The maximum atomic E-state index is 12.5. The Balaban J connectivity index is 2.31. The summed E-state index contributed by atoms with van der Waals surface area (Å²) in [5, 5.41) is 0.563. The molecule has 1 aliphatic rings. The van der Waals surface area contributed by atoms with Crippen molar-refractivity contribution in [2.24, 2.45) is 0 Å². The van der Waals surface area contributed by atoms with Crippen molar-refractivity contribution < 1.29 is 22.9 Å². The van der Waals surface area contributed by atoms with Crippen molar-refractivity contribution in [1.82, 2.24) is 0 Å². The molecule has 0 aliphatic carbocycles. The second-order valence-electron chi connectivity index (χ2n) is 4.22. The van der Waals surface area contributed by atoms with Crippen molar-refractivity contribution in [2.45, 2.75) is 20.3 Å². The zero-order valence-electron chi connectivity index (χ0n) is 12.0. The minimum absolute atomic E-state index is 0.231. The first kappa shape index (κ1) is 16.4. The van der Waals surface area contributed by atoms with Crippen LogP contribution in [0.5, 0.6) is 5.75 Å². The lowest BCUT2D eigenvalue weighted by Gasteiger charge is -2.19. The fourth-order valence-electron chi connectivity index (χ4n) is 1.90. The summed E-state index contributed by atoms with van der Waals surface area (Å²) in [7, 11) is -3.63. The lowest BCUT2D eigenvalue weighted by atomic mass is 10.1. The van der Waals surface area contributed by atoms with Crippen molar-refractivity contribution in [3.8, 4) is 5.75 Å². The van der Waals surface area contributed by atoms with Crippen molar-refractivity contribution >= 4 is 25.2 Å². The Morgan fingerprint density at radius 3 is 2.67 bits per heavy atom. The van der Waals surface area contributed by atoms with E-state index in [1.54, 1.807) is 32.0 Å². The molecule has 0 saturated carbocycles. The number of hydrogen-bond acceptors (Lipinski definition) is 5. The molecule has 116 valence electrons. The van der Waals surface area contributed by atoms with Crippen LogP contribution in [-0.2, 0) is 18.1 Å². The summed E-state index contributed by atoms with van der Waals surface area (Å²) in [4.78, 5) is 0. The smallest absolute Gasteiger partial charge is 0.492 e. The normalized spacial score (nSPS) is 14.7. The van der Waals surface area contributed by atoms with Gasteiger partial charge in [0, 0.05) is 11.4 Å². The van der Waals surface area contributed by atoms with E-state index in [0.29, 0.717) is 35.1 Å². The third kappa shape index (κ3) is 4.24. The Labute approximate surface area is 129 Å². The molecule has 0 radical (unpaired) electrons. The van der Waals surface area contributed by atoms with Gasteiger partial charge in [0.15, 0.2) is 0 Å². The Morgan fingerprint density at radius 1 is 1.29 bits per heavy atom. The largest absolute Gasteiger partial charge is 0.530 e. The molecule has 1 aromatic rings. The molecule has 7 heteroatoms. The first-order valence-corrected chi connectivity index (χ1v) is 8.63. The van der Waals surface area contributed by atoms with E-state index in [-0.39, 0.29) is 13.2 Å². The van der Waals surface area contributed by atoms with Crippen molar-refractivity contribution in [1.29, 1.82) is 0 Å². The lowest BCUT2D eigenvalue weighted by Crippen LogP contribution is -2.00. The number of hydrogen-bond donors (Lipinski definition) is 0. The third-order valence-electron chi connectivity index (χ3n) is 2.70. The van der Waals surface area contributed by atoms with Crippen LogP contribution < -0.4 is 4.74 Å². The second kappa shape index (κ2) is 7.32. The van der Waals surface area contributed by atoms with Gasteiger partial charge in [-0.2, -0.15) is 0 Å². The van der Waals surface area contributed by atoms with Gasteiger partial charge >= 0.3 is 7.82 Å². The van der Waals surface area contributed by atoms with Crippen LogP contribution in [0, 0.1) is 0 Å². The van der Waals surface area contributed by atoms with Crippen molar-refractivity contribution in [3.05, 3.63) is 34.9 Å². The zero-order chi connectivity index (χ0) is 15.3. The summed E-state index contributed by atoms with van der Waals surface area (Å²) >= 11 is 5.97. The summed E-state index contributed by atoms with van der Waals surface area (Å²) < 4.78 is 34.0. The first-order valence-electron chi connectivity index (χ1n) is 6.79. The van der Waals surface area contributed by atoms with Crippen LogP contribution >= 0.6 is 19.4 Å². The first-order chi connectivity index (χ1) is 10.1. The molecule has 0 unspecified atom stereocenters. The Bertz CT molecular complexity index is 562. The maximum Gasteiger partial charge on any atom is 0.530 e. The van der Waals surface area contributed by atoms with E-state index >= 15 is 0 Å². The Morgan fingerprint density at radius 2 is 2.00 bits per heavy atom. The Kier molecular flexibility index (Phi) is 5.71. The van der Waals surface area contributed by atoms with Gasteiger partial charge in [-0.3, -0.25) is 9.05 Å². The highest BCUT2D eigenvalue weighted by molar-refractivity contribution is 7.48. The molecule has 2 rings (SSSR count). The highest BCUT2D eigenvalue weighted by Crippen LogP contribution is 2.53. The van der Waals surface area contributed by atoms with Crippen molar-refractivity contribution in [3.63, 3.8) is 0 Å². The summed E-state index contributed by atoms with van der Waals surface area (Å²) in [6, 6.07) is 5.18. The topological polar surface area (TPSA) is 54.0 Å². The molecule has 0 bridgehead atoms. The molecule has 5 nitrogen and oxygen atoms in total. The quantitative estimate of drug-likeness (QED) is 0.709. The van der Waals surface area contributed by atoms with Gasteiger partial charge in [0.25, 0.3) is 0 Å². The van der Waals surface area contributed by atoms with E-state index in [0.717, 1.165) is 0 Å². The summed E-state index contributed by atoms with van der Waals surface area (Å²) in [6.07, 6.45) is 2.43. The van der Waals surface area contributed by atoms with E-state index in [9.17, 15) is 4.57 Å². The molecule has 0 atom stereocenters. The predicted molar refractivity (Wildman–Crippen MR) is 81.5 cm³/mol. The molecule has 1 heterocycles. The van der Waals surface area contributed by atoms with Gasteiger partial charge in [-0.05, 0) is 38.1 Å². The molecular formula is C14H18ClO5P. The van der Waals surface area contributed by atoms with E-state index in [2.05, 4.69) is 0 Å². The van der Waals surface area contributed by atoms with Gasteiger partial charge in [-0.25, -0.2) is 4.57 Å². The second-order valence-corrected chi connectivity index (χ2v) is 6.25. The molecule has 0 fully saturated rings. The molecule has 0 aromatic heterocycles. The van der Waals surface area contributed by atoms with Gasteiger partial charge < -0.3 is 9.26 Å². The molecule has 1 aliphatic heterocycles. The fourth-order valence-corrected chi connectivity index (χ4v) is 3.29. The number of rotatable bonds is 6. The zero-order valence-corrected chi connectivity index (χ0v) is 13.7. The number of ether oxygens (including phenoxy) is 1. The van der Waals surface area contributed by atoms with E-state index < -0.39 is 7.82 Å². The number of benzene rings is 1. The predicted octanol–water partition coefficient (Wildman–Crippen LogP) is 4.66. The SMILES string of the molecule is CCOP(=O)(OCC)OC1=CCCOc2cc(Cl)ccc21. The highest BCUT2D eigenvalue weighted by Gasteiger charge is 2.30. The lowest BCUT2D eigenvalue weighted by molar-refractivity contribution is 0.159. The van der Waals surface area contributed by atoms with Crippen LogP contribution in [0.4, 0.5) is 0 Å². The fraction of sp³-hybridized carbons (Fsp3) is 0.429. The van der Waals surface area contributed by atoms with Crippen LogP contribution in [-0.4, -0.2) is 19.8 Å². The average Bonchev–Trinajstić information content (AvgIpc) is 2.61. The van der Waals surface area contributed by atoms with Gasteiger partial charge in [0.05, 0.1) is 25.4 Å². The number of halogens is 1. The summed E-state index contributed by atoms with van der Waals surface area (Å²) in [5.74, 6) is 1.01. The van der Waals surface area contributed by atoms with E-state index in [1.165, 1.54) is 0 Å². The maximum absolute atomic E-state index is 12.5. The van der Waals surface area contributed by atoms with E-state index in [1.807, 2.05) is 6.08 Å². The standard InChI is InChI=1S/C14H18ClO5P/c1-3-18-21(16,19-4-2)20-13-6-5-9-17-14-10-11(15)7-8-12(13)14/h6-8,10H,3-5,9H2,1-2H3. The summed E-state index contributed by atoms with van der Waals surface area (Å²) in [5.41, 5.74) is 0.677. The van der Waals surface area contributed by atoms with Gasteiger partial charge in [-0.1, -0.05) is 11.6 Å². The van der Waals surface area contributed by atoms with Gasteiger partial charge in [0.1, 0.15) is 11.5 Å². The molecule has 0 spiro atoms. The summed E-state index contributed by atoms with van der Waals surface area (Å²) in [6.45, 7) is 4.41. The molecule has 1 aromatic carbocycles. The molecule has 0 amide bonds. The third-order valence-corrected chi connectivity index (χ3v) is 4.50. The minimum Gasteiger partial charge on any atom is -0.492 e. The van der Waals surface area contributed by atoms with Crippen molar-refractivity contribution in [2.75, 3.05) is 19.8 Å². The van der Waals surface area contributed by atoms with E-state index in [4.69, 9.17) is 29.9 Å². The van der Waals surface area contributed by atoms with Crippen LogP contribution in [0.25, 0.3) is 5.76 Å².